The Balaban J connectivity index is 2.24. The maximum atomic E-state index is 13.2. The zero-order valence-electron chi connectivity index (χ0n) is 18.8. The van der Waals surface area contributed by atoms with Crippen molar-refractivity contribution in [2.24, 2.45) is 0 Å². The second-order valence-electron chi connectivity index (χ2n) is 8.28. The summed E-state index contributed by atoms with van der Waals surface area (Å²) in [5.41, 5.74) is 0.454. The molecule has 0 saturated carbocycles. The van der Waals surface area contributed by atoms with Crippen LogP contribution in [0.15, 0.2) is 48.5 Å². The lowest BCUT2D eigenvalue weighted by Crippen LogP contribution is -2.54. The fourth-order valence-electron chi connectivity index (χ4n) is 3.10. The highest BCUT2D eigenvalue weighted by molar-refractivity contribution is 6.30. The van der Waals surface area contributed by atoms with Crippen molar-refractivity contribution in [3.63, 3.8) is 0 Å². The standard InChI is InChI=1S/C24H31ClN2O4/c1-6-21(23(29)26-24(2,3)4)27(15-17-8-7-9-20(14-17)30-5)22(28)16-31-19-12-10-18(25)11-13-19/h7-14,21H,6,15-16H2,1-5H3,(H,26,29)/t21-/m1/s1. The average molecular weight is 447 g/mol. The second-order valence-corrected chi connectivity index (χ2v) is 8.72. The maximum Gasteiger partial charge on any atom is 0.261 e. The lowest BCUT2D eigenvalue weighted by atomic mass is 10.1. The number of carbonyl (C=O) groups excluding carboxylic acids is 2. The predicted molar refractivity (Wildman–Crippen MR) is 122 cm³/mol. The van der Waals surface area contributed by atoms with Gasteiger partial charge in [-0.2, -0.15) is 0 Å². The molecule has 1 N–H and O–H groups in total. The summed E-state index contributed by atoms with van der Waals surface area (Å²) >= 11 is 5.90. The molecular formula is C24H31ClN2O4. The number of hydrogen-bond acceptors (Lipinski definition) is 4. The Bertz CT molecular complexity index is 878. The molecule has 31 heavy (non-hydrogen) atoms. The van der Waals surface area contributed by atoms with Crippen LogP contribution in [0.4, 0.5) is 0 Å². The molecule has 0 aliphatic carbocycles. The van der Waals surface area contributed by atoms with Crippen LogP contribution in [0, 0.1) is 0 Å². The quantitative estimate of drug-likeness (QED) is 0.617. The molecule has 168 valence electrons. The number of rotatable bonds is 9. The highest BCUT2D eigenvalue weighted by atomic mass is 35.5. The summed E-state index contributed by atoms with van der Waals surface area (Å²) in [6, 6.07) is 13.6. The zero-order chi connectivity index (χ0) is 23.0. The third-order valence-electron chi connectivity index (χ3n) is 4.55. The van der Waals surface area contributed by atoms with Crippen LogP contribution < -0.4 is 14.8 Å². The van der Waals surface area contributed by atoms with Gasteiger partial charge < -0.3 is 19.7 Å². The molecule has 2 rings (SSSR count). The van der Waals surface area contributed by atoms with E-state index in [0.717, 1.165) is 5.56 Å². The first-order chi connectivity index (χ1) is 14.6. The second kappa shape index (κ2) is 11.0. The molecule has 2 aromatic carbocycles. The number of carbonyl (C=O) groups is 2. The molecule has 0 unspecified atom stereocenters. The predicted octanol–water partition coefficient (Wildman–Crippen LogP) is 4.45. The highest BCUT2D eigenvalue weighted by Crippen LogP contribution is 2.19. The number of ether oxygens (including phenoxy) is 2. The minimum atomic E-state index is -0.633. The van der Waals surface area contributed by atoms with Gasteiger partial charge in [0.05, 0.1) is 7.11 Å². The van der Waals surface area contributed by atoms with E-state index in [0.29, 0.717) is 22.9 Å². The van der Waals surface area contributed by atoms with Crippen molar-refractivity contribution in [1.29, 1.82) is 0 Å². The third-order valence-corrected chi connectivity index (χ3v) is 4.80. The number of amides is 2. The SMILES string of the molecule is CC[C@H](C(=O)NC(C)(C)C)N(Cc1cccc(OC)c1)C(=O)COc1ccc(Cl)cc1. The molecule has 2 aromatic rings. The molecule has 1 atom stereocenters. The Kier molecular flexibility index (Phi) is 8.75. The monoisotopic (exact) mass is 446 g/mol. The number of nitrogens with zero attached hydrogens (tertiary/aromatic N) is 1. The summed E-state index contributed by atoms with van der Waals surface area (Å²) in [5, 5.41) is 3.57. The molecule has 0 spiro atoms. The van der Waals surface area contributed by atoms with Gasteiger partial charge >= 0.3 is 0 Å². The van der Waals surface area contributed by atoms with Gasteiger partial charge in [-0.25, -0.2) is 0 Å². The number of nitrogens with one attached hydrogen (secondary N) is 1. The van der Waals surface area contributed by atoms with Crippen LogP contribution in [-0.4, -0.2) is 42.0 Å². The van der Waals surface area contributed by atoms with Gasteiger partial charge in [0.15, 0.2) is 6.61 Å². The van der Waals surface area contributed by atoms with E-state index in [9.17, 15) is 9.59 Å². The van der Waals surface area contributed by atoms with Crippen molar-refractivity contribution in [1.82, 2.24) is 10.2 Å². The molecule has 2 amide bonds. The van der Waals surface area contributed by atoms with E-state index in [1.165, 1.54) is 0 Å². The number of benzene rings is 2. The summed E-state index contributed by atoms with van der Waals surface area (Å²) in [6.07, 6.45) is 0.471. The fourth-order valence-corrected chi connectivity index (χ4v) is 3.22. The minimum Gasteiger partial charge on any atom is -0.497 e. The maximum absolute atomic E-state index is 13.2. The van der Waals surface area contributed by atoms with E-state index < -0.39 is 11.6 Å². The molecular weight excluding hydrogens is 416 g/mol. The van der Waals surface area contributed by atoms with Crippen molar-refractivity contribution in [2.45, 2.75) is 52.2 Å². The van der Waals surface area contributed by atoms with Crippen LogP contribution in [-0.2, 0) is 16.1 Å². The van der Waals surface area contributed by atoms with E-state index in [1.54, 1.807) is 36.3 Å². The molecule has 0 heterocycles. The van der Waals surface area contributed by atoms with Crippen LogP contribution in [0.1, 0.15) is 39.7 Å². The van der Waals surface area contributed by atoms with Crippen LogP contribution in [0.3, 0.4) is 0 Å². The first-order valence-corrected chi connectivity index (χ1v) is 10.6. The van der Waals surface area contributed by atoms with Crippen molar-refractivity contribution in [3.8, 4) is 11.5 Å². The summed E-state index contributed by atoms with van der Waals surface area (Å²) < 4.78 is 10.9. The van der Waals surface area contributed by atoms with Crippen LogP contribution in [0.2, 0.25) is 5.02 Å². The van der Waals surface area contributed by atoms with Crippen LogP contribution >= 0.6 is 11.6 Å². The molecule has 0 radical (unpaired) electrons. The van der Waals surface area contributed by atoms with Gasteiger partial charge in [-0.15, -0.1) is 0 Å². The number of hydrogen-bond donors (Lipinski definition) is 1. The van der Waals surface area contributed by atoms with Crippen molar-refractivity contribution in [2.75, 3.05) is 13.7 Å². The minimum absolute atomic E-state index is 0.190. The van der Waals surface area contributed by atoms with E-state index in [2.05, 4.69) is 5.32 Å². The Morgan fingerprint density at radius 3 is 2.35 bits per heavy atom. The van der Waals surface area contributed by atoms with E-state index in [4.69, 9.17) is 21.1 Å². The fraction of sp³-hybridized carbons (Fsp3) is 0.417. The molecule has 0 saturated heterocycles. The van der Waals surface area contributed by atoms with Crippen molar-refractivity contribution < 1.29 is 19.1 Å². The topological polar surface area (TPSA) is 67.9 Å². The van der Waals surface area contributed by atoms with Gasteiger partial charge in [0.25, 0.3) is 5.91 Å². The normalized spacial score (nSPS) is 12.1. The largest absolute Gasteiger partial charge is 0.497 e. The average Bonchev–Trinajstić information content (AvgIpc) is 2.71. The van der Waals surface area contributed by atoms with E-state index in [-0.39, 0.29) is 25.0 Å². The molecule has 0 bridgehead atoms. The molecule has 0 aliphatic rings. The summed E-state index contributed by atoms with van der Waals surface area (Å²) in [5.74, 6) is 0.743. The highest BCUT2D eigenvalue weighted by Gasteiger charge is 2.31. The van der Waals surface area contributed by atoms with Crippen molar-refractivity contribution in [3.05, 3.63) is 59.1 Å². The molecule has 0 aliphatic heterocycles. The summed E-state index contributed by atoms with van der Waals surface area (Å²) in [6.45, 7) is 7.69. The van der Waals surface area contributed by atoms with Gasteiger partial charge in [-0.1, -0.05) is 30.7 Å². The summed E-state index contributed by atoms with van der Waals surface area (Å²) in [7, 11) is 1.59. The number of halogens is 1. The van der Waals surface area contributed by atoms with Gasteiger partial charge in [-0.3, -0.25) is 9.59 Å². The molecule has 0 fully saturated rings. The van der Waals surface area contributed by atoms with Gasteiger partial charge in [-0.05, 0) is 69.2 Å². The Morgan fingerprint density at radius 1 is 1.10 bits per heavy atom. The van der Waals surface area contributed by atoms with Crippen molar-refractivity contribution >= 4 is 23.4 Å². The zero-order valence-corrected chi connectivity index (χ0v) is 19.5. The molecule has 0 aromatic heterocycles. The van der Waals surface area contributed by atoms with Crippen LogP contribution in [0.5, 0.6) is 11.5 Å². The Labute approximate surface area is 189 Å². The lowest BCUT2D eigenvalue weighted by molar-refractivity contribution is -0.143. The van der Waals surface area contributed by atoms with E-state index >= 15 is 0 Å². The van der Waals surface area contributed by atoms with Crippen LogP contribution in [0.25, 0.3) is 0 Å². The van der Waals surface area contributed by atoms with Gasteiger partial charge in [0.2, 0.25) is 5.91 Å². The third kappa shape index (κ3) is 7.79. The summed E-state index contributed by atoms with van der Waals surface area (Å²) in [4.78, 5) is 27.7. The van der Waals surface area contributed by atoms with E-state index in [1.807, 2.05) is 52.0 Å². The first kappa shape index (κ1) is 24.5. The van der Waals surface area contributed by atoms with Gasteiger partial charge in [0, 0.05) is 17.1 Å². The smallest absolute Gasteiger partial charge is 0.261 e. The first-order valence-electron chi connectivity index (χ1n) is 10.3. The number of methoxy groups -OCH3 is 1. The molecule has 6 nitrogen and oxygen atoms in total. The molecule has 7 heteroatoms. The van der Waals surface area contributed by atoms with Gasteiger partial charge in [0.1, 0.15) is 17.5 Å². The Morgan fingerprint density at radius 2 is 1.77 bits per heavy atom. The lowest BCUT2D eigenvalue weighted by Gasteiger charge is -2.33. The Hall–Kier alpha value is -2.73.